The van der Waals surface area contributed by atoms with Gasteiger partial charge in [-0.1, -0.05) is 11.6 Å². The highest BCUT2D eigenvalue weighted by Gasteiger charge is 2.17. The van der Waals surface area contributed by atoms with E-state index in [9.17, 15) is 0 Å². The van der Waals surface area contributed by atoms with Crippen molar-refractivity contribution in [2.45, 2.75) is 13.8 Å². The number of halogens is 1. The third-order valence-corrected chi connectivity index (χ3v) is 5.38. The SMILES string of the molecule is Cc1cc(NCCNc2ccnc3cc(Cl)ccc23)c(C)c(N2CCOCC2)n1. The van der Waals surface area contributed by atoms with Gasteiger partial charge in [0, 0.05) is 65.4 Å². The number of ether oxygens (including phenoxy) is 1. The van der Waals surface area contributed by atoms with Crippen LogP contribution in [0.4, 0.5) is 17.2 Å². The Morgan fingerprint density at radius 2 is 1.79 bits per heavy atom. The quantitative estimate of drug-likeness (QED) is 0.591. The molecule has 1 fully saturated rings. The van der Waals surface area contributed by atoms with Crippen molar-refractivity contribution in [1.82, 2.24) is 9.97 Å². The minimum absolute atomic E-state index is 0.698. The third kappa shape index (κ3) is 4.54. The molecule has 0 saturated carbocycles. The lowest BCUT2D eigenvalue weighted by Crippen LogP contribution is -2.37. The van der Waals surface area contributed by atoms with Crippen molar-refractivity contribution < 1.29 is 4.74 Å². The van der Waals surface area contributed by atoms with Crippen molar-refractivity contribution in [3.8, 4) is 0 Å². The Morgan fingerprint density at radius 3 is 2.59 bits per heavy atom. The summed E-state index contributed by atoms with van der Waals surface area (Å²) in [5.74, 6) is 1.06. The topological polar surface area (TPSA) is 62.3 Å². The summed E-state index contributed by atoms with van der Waals surface area (Å²) in [5, 5.41) is 8.83. The maximum Gasteiger partial charge on any atom is 0.133 e. The highest BCUT2D eigenvalue weighted by Crippen LogP contribution is 2.27. The Morgan fingerprint density at radius 1 is 1.03 bits per heavy atom. The number of benzene rings is 1. The molecule has 0 bridgehead atoms. The second kappa shape index (κ2) is 8.84. The van der Waals surface area contributed by atoms with Gasteiger partial charge >= 0.3 is 0 Å². The second-order valence-corrected chi connectivity index (χ2v) is 7.67. The lowest BCUT2D eigenvalue weighted by molar-refractivity contribution is 0.122. The number of morpholine rings is 1. The van der Waals surface area contributed by atoms with Crippen molar-refractivity contribution in [3.05, 3.63) is 52.8 Å². The van der Waals surface area contributed by atoms with Crippen LogP contribution in [0, 0.1) is 13.8 Å². The van der Waals surface area contributed by atoms with E-state index < -0.39 is 0 Å². The largest absolute Gasteiger partial charge is 0.383 e. The van der Waals surface area contributed by atoms with Crippen molar-refractivity contribution >= 4 is 39.7 Å². The lowest BCUT2D eigenvalue weighted by Gasteiger charge is -2.30. The summed E-state index contributed by atoms with van der Waals surface area (Å²) in [4.78, 5) is 11.5. The Balaban J connectivity index is 1.42. The molecule has 2 N–H and O–H groups in total. The van der Waals surface area contributed by atoms with Gasteiger partial charge in [0.25, 0.3) is 0 Å². The molecule has 0 unspecified atom stereocenters. The van der Waals surface area contributed by atoms with E-state index in [-0.39, 0.29) is 0 Å². The molecule has 2 aromatic heterocycles. The van der Waals surface area contributed by atoms with Gasteiger partial charge < -0.3 is 20.3 Å². The summed E-state index contributed by atoms with van der Waals surface area (Å²) >= 11 is 6.08. The predicted octanol–water partition coefficient (Wildman–Crippen LogP) is 4.26. The van der Waals surface area contributed by atoms with E-state index in [1.165, 1.54) is 5.56 Å². The monoisotopic (exact) mass is 411 g/mol. The van der Waals surface area contributed by atoms with Crippen molar-refractivity contribution in [3.63, 3.8) is 0 Å². The first-order chi connectivity index (χ1) is 14.1. The number of hydrogen-bond acceptors (Lipinski definition) is 6. The molecule has 0 atom stereocenters. The summed E-state index contributed by atoms with van der Waals surface area (Å²) < 4.78 is 5.47. The number of nitrogens with zero attached hydrogens (tertiary/aromatic N) is 3. The first kappa shape index (κ1) is 19.7. The molecule has 0 radical (unpaired) electrons. The number of aryl methyl sites for hydroxylation is 1. The molecule has 3 aromatic rings. The zero-order valence-corrected chi connectivity index (χ0v) is 17.6. The highest BCUT2D eigenvalue weighted by molar-refractivity contribution is 6.31. The van der Waals surface area contributed by atoms with Crippen LogP contribution in [0.1, 0.15) is 11.3 Å². The molecule has 0 spiro atoms. The Hall–Kier alpha value is -2.57. The number of anilines is 3. The number of pyridine rings is 2. The molecule has 1 saturated heterocycles. The first-order valence-corrected chi connectivity index (χ1v) is 10.3. The average Bonchev–Trinajstić information content (AvgIpc) is 2.73. The zero-order valence-electron chi connectivity index (χ0n) is 16.8. The van der Waals surface area contributed by atoms with Gasteiger partial charge in [-0.15, -0.1) is 0 Å². The predicted molar refractivity (Wildman–Crippen MR) is 120 cm³/mol. The van der Waals surface area contributed by atoms with Crippen LogP contribution in [-0.2, 0) is 4.74 Å². The van der Waals surface area contributed by atoms with E-state index >= 15 is 0 Å². The molecular formula is C22H26ClN5O. The standard InChI is InChI=1S/C22H26ClN5O/c1-15-13-20(16(2)22(27-15)28-9-11-29-12-10-28)26-8-7-25-19-5-6-24-21-14-17(23)3-4-18(19)21/h3-6,13-14H,7-12H2,1-2H3,(H,24,25)(H,26,27). The molecule has 1 aliphatic rings. The van der Waals surface area contributed by atoms with E-state index in [4.69, 9.17) is 21.3 Å². The summed E-state index contributed by atoms with van der Waals surface area (Å²) in [6.07, 6.45) is 1.80. The van der Waals surface area contributed by atoms with E-state index in [2.05, 4.69) is 33.5 Å². The van der Waals surface area contributed by atoms with E-state index in [0.717, 1.165) is 73.2 Å². The number of hydrogen-bond donors (Lipinski definition) is 2. The zero-order chi connectivity index (χ0) is 20.2. The molecule has 4 rings (SSSR count). The van der Waals surface area contributed by atoms with Gasteiger partial charge in [-0.3, -0.25) is 4.98 Å². The van der Waals surface area contributed by atoms with Crippen LogP contribution in [0.2, 0.25) is 5.02 Å². The second-order valence-electron chi connectivity index (χ2n) is 7.23. The molecule has 0 aliphatic carbocycles. The normalized spacial score (nSPS) is 14.2. The molecule has 152 valence electrons. The van der Waals surface area contributed by atoms with E-state index in [1.807, 2.05) is 31.2 Å². The fraction of sp³-hybridized carbons (Fsp3) is 0.364. The van der Waals surface area contributed by atoms with Crippen LogP contribution in [0.15, 0.2) is 36.5 Å². The van der Waals surface area contributed by atoms with Crippen LogP contribution in [0.25, 0.3) is 10.9 Å². The summed E-state index contributed by atoms with van der Waals surface area (Å²) in [6.45, 7) is 9.04. The van der Waals surface area contributed by atoms with Crippen LogP contribution >= 0.6 is 11.6 Å². The molecule has 1 aromatic carbocycles. The van der Waals surface area contributed by atoms with Gasteiger partial charge in [0.05, 0.1) is 18.7 Å². The Bertz CT molecular complexity index is 1000. The molecular weight excluding hydrogens is 386 g/mol. The van der Waals surface area contributed by atoms with Crippen LogP contribution in [-0.4, -0.2) is 49.4 Å². The van der Waals surface area contributed by atoms with Crippen molar-refractivity contribution in [2.24, 2.45) is 0 Å². The Kier molecular flexibility index (Phi) is 6.02. The van der Waals surface area contributed by atoms with E-state index in [0.29, 0.717) is 5.02 Å². The van der Waals surface area contributed by atoms with Gasteiger partial charge in [-0.2, -0.15) is 0 Å². The lowest BCUT2D eigenvalue weighted by atomic mass is 10.2. The fourth-order valence-corrected chi connectivity index (χ4v) is 3.82. The van der Waals surface area contributed by atoms with Crippen molar-refractivity contribution in [2.75, 3.05) is 54.9 Å². The molecule has 0 amide bonds. The number of nitrogens with one attached hydrogen (secondary N) is 2. The Labute approximate surface area is 176 Å². The number of aromatic nitrogens is 2. The smallest absolute Gasteiger partial charge is 0.133 e. The van der Waals surface area contributed by atoms with Crippen LogP contribution in [0.5, 0.6) is 0 Å². The summed E-state index contributed by atoms with van der Waals surface area (Å²) in [5.41, 5.74) is 5.29. The van der Waals surface area contributed by atoms with Crippen molar-refractivity contribution in [1.29, 1.82) is 0 Å². The van der Waals surface area contributed by atoms with Crippen LogP contribution in [0.3, 0.4) is 0 Å². The molecule has 29 heavy (non-hydrogen) atoms. The van der Waals surface area contributed by atoms with Gasteiger partial charge in [0.15, 0.2) is 0 Å². The van der Waals surface area contributed by atoms with E-state index in [1.54, 1.807) is 6.20 Å². The van der Waals surface area contributed by atoms with Gasteiger partial charge in [-0.25, -0.2) is 4.98 Å². The van der Waals surface area contributed by atoms with Gasteiger partial charge in [0.2, 0.25) is 0 Å². The van der Waals surface area contributed by atoms with Gasteiger partial charge in [-0.05, 0) is 44.2 Å². The molecule has 7 heteroatoms. The van der Waals surface area contributed by atoms with Crippen LogP contribution < -0.4 is 15.5 Å². The number of rotatable bonds is 6. The van der Waals surface area contributed by atoms with Gasteiger partial charge in [0.1, 0.15) is 5.82 Å². The first-order valence-electron chi connectivity index (χ1n) is 9.95. The highest BCUT2D eigenvalue weighted by atomic mass is 35.5. The summed E-state index contributed by atoms with van der Waals surface area (Å²) in [6, 6.07) is 9.89. The number of fused-ring (bicyclic) bond motifs is 1. The maximum absolute atomic E-state index is 6.08. The minimum atomic E-state index is 0.698. The molecule has 3 heterocycles. The third-order valence-electron chi connectivity index (χ3n) is 5.15. The minimum Gasteiger partial charge on any atom is -0.383 e. The summed E-state index contributed by atoms with van der Waals surface area (Å²) in [7, 11) is 0. The fourth-order valence-electron chi connectivity index (χ4n) is 3.66. The average molecular weight is 412 g/mol. The maximum atomic E-state index is 6.08. The molecule has 6 nitrogen and oxygen atoms in total. The molecule has 1 aliphatic heterocycles.